The molecule has 1 heterocycles. The van der Waals surface area contributed by atoms with Gasteiger partial charge in [-0.2, -0.15) is 0 Å². The fraction of sp³-hybridized carbons (Fsp3) is 0.133. The first kappa shape index (κ1) is 29.4. The molecule has 0 aliphatic rings. The summed E-state index contributed by atoms with van der Waals surface area (Å²) in [5.74, 6) is -0.277. The molecule has 0 saturated heterocycles. The highest BCUT2D eigenvalue weighted by Gasteiger charge is 2.19. The number of thiazole rings is 1. The average Bonchev–Trinajstić information content (AvgIpc) is 3.50. The van der Waals surface area contributed by atoms with Crippen LogP contribution < -0.4 is 25.4 Å². The van der Waals surface area contributed by atoms with Crippen LogP contribution in [0.3, 0.4) is 0 Å². The molecule has 4 aromatic rings. The lowest BCUT2D eigenvalue weighted by atomic mass is 10.1. The van der Waals surface area contributed by atoms with E-state index in [1.165, 1.54) is 43.4 Å². The van der Waals surface area contributed by atoms with Crippen LogP contribution in [0.1, 0.15) is 22.8 Å². The molecule has 0 radical (unpaired) electrons. The molecule has 1 unspecified atom stereocenters. The number of rotatable bonds is 11. The highest BCUT2D eigenvalue weighted by atomic mass is 32.2. The van der Waals surface area contributed by atoms with Gasteiger partial charge in [0.05, 0.1) is 19.5 Å². The van der Waals surface area contributed by atoms with E-state index in [0.717, 1.165) is 4.90 Å². The standard InChI is InChI=1S/C30H28N4O5S2/c1-19(27(35)34-30-31-15-16-40-30)41-23-13-8-12-22(18-23)32-29(37)24(33-28(36)20-9-5-4-6-10-20)17-21-11-7-14-25(38-2)26(21)39-3/h4-19H,1-3H3,(H,32,37)(H,33,36)(H,31,34,35)/b24-17+. The second-order valence-corrected chi connectivity index (χ2v) is 10.8. The lowest BCUT2D eigenvalue weighted by Gasteiger charge is -2.15. The number of hydrogen-bond donors (Lipinski definition) is 3. The zero-order chi connectivity index (χ0) is 29.2. The lowest BCUT2D eigenvalue weighted by Crippen LogP contribution is -2.30. The molecule has 0 bridgehead atoms. The van der Waals surface area contributed by atoms with Crippen molar-refractivity contribution in [2.24, 2.45) is 0 Å². The van der Waals surface area contributed by atoms with Crippen LogP contribution in [-0.4, -0.2) is 42.2 Å². The van der Waals surface area contributed by atoms with E-state index in [1.54, 1.807) is 85.2 Å². The van der Waals surface area contributed by atoms with Gasteiger partial charge in [0, 0.05) is 33.3 Å². The van der Waals surface area contributed by atoms with Crippen LogP contribution >= 0.6 is 23.1 Å². The van der Waals surface area contributed by atoms with Crippen molar-refractivity contribution in [3.8, 4) is 11.5 Å². The number of methoxy groups -OCH3 is 2. The van der Waals surface area contributed by atoms with E-state index in [-0.39, 0.29) is 11.6 Å². The van der Waals surface area contributed by atoms with Crippen molar-refractivity contribution < 1.29 is 23.9 Å². The Kier molecular flexibility index (Phi) is 10.1. The Hall–Kier alpha value is -4.61. The summed E-state index contributed by atoms with van der Waals surface area (Å²) in [4.78, 5) is 43.9. The molecule has 9 nitrogen and oxygen atoms in total. The van der Waals surface area contributed by atoms with Crippen molar-refractivity contribution >= 4 is 57.7 Å². The van der Waals surface area contributed by atoms with Gasteiger partial charge in [0.15, 0.2) is 16.6 Å². The number of nitrogens with zero attached hydrogens (tertiary/aromatic N) is 1. The van der Waals surface area contributed by atoms with E-state index >= 15 is 0 Å². The van der Waals surface area contributed by atoms with E-state index in [2.05, 4.69) is 20.9 Å². The highest BCUT2D eigenvalue weighted by Crippen LogP contribution is 2.32. The third-order valence-corrected chi connectivity index (χ3v) is 7.48. The molecule has 1 aromatic heterocycles. The molecule has 41 heavy (non-hydrogen) atoms. The first-order valence-electron chi connectivity index (χ1n) is 12.5. The van der Waals surface area contributed by atoms with Crippen LogP contribution in [0.5, 0.6) is 11.5 Å². The van der Waals surface area contributed by atoms with Crippen molar-refractivity contribution in [1.29, 1.82) is 0 Å². The number of aromatic nitrogens is 1. The molecular weight excluding hydrogens is 560 g/mol. The van der Waals surface area contributed by atoms with Crippen molar-refractivity contribution in [2.75, 3.05) is 24.9 Å². The van der Waals surface area contributed by atoms with E-state index in [1.807, 2.05) is 6.07 Å². The minimum absolute atomic E-state index is 0.000319. The number of nitrogens with one attached hydrogen (secondary N) is 3. The topological polar surface area (TPSA) is 119 Å². The first-order valence-corrected chi connectivity index (χ1v) is 14.2. The molecule has 0 fully saturated rings. The predicted molar refractivity (Wildman–Crippen MR) is 163 cm³/mol. The summed E-state index contributed by atoms with van der Waals surface area (Å²) in [7, 11) is 3.02. The van der Waals surface area contributed by atoms with E-state index < -0.39 is 17.1 Å². The fourth-order valence-electron chi connectivity index (χ4n) is 3.72. The van der Waals surface area contributed by atoms with Crippen LogP contribution in [-0.2, 0) is 9.59 Å². The SMILES string of the molecule is COc1cccc(/C=C(/NC(=O)c2ccccc2)C(=O)Nc2cccc(SC(C)C(=O)Nc3nccs3)c2)c1OC. The molecule has 3 N–H and O–H groups in total. The van der Waals surface area contributed by atoms with Crippen LogP contribution in [0.2, 0.25) is 0 Å². The van der Waals surface area contributed by atoms with Gasteiger partial charge >= 0.3 is 0 Å². The maximum Gasteiger partial charge on any atom is 0.272 e. The molecule has 4 rings (SSSR count). The molecule has 3 aromatic carbocycles. The van der Waals surface area contributed by atoms with Crippen LogP contribution in [0.15, 0.2) is 95.0 Å². The quantitative estimate of drug-likeness (QED) is 0.152. The van der Waals surface area contributed by atoms with Crippen molar-refractivity contribution in [3.63, 3.8) is 0 Å². The van der Waals surface area contributed by atoms with Gasteiger partial charge in [0.1, 0.15) is 5.70 Å². The van der Waals surface area contributed by atoms with Gasteiger partial charge in [-0.3, -0.25) is 14.4 Å². The number of anilines is 2. The number of carbonyl (C=O) groups excluding carboxylic acids is 3. The minimum Gasteiger partial charge on any atom is -0.493 e. The summed E-state index contributed by atoms with van der Waals surface area (Å²) in [6, 6.07) is 21.0. The second-order valence-electron chi connectivity index (χ2n) is 8.53. The largest absolute Gasteiger partial charge is 0.493 e. The normalized spacial score (nSPS) is 11.7. The zero-order valence-corrected chi connectivity index (χ0v) is 24.2. The third-order valence-electron chi connectivity index (χ3n) is 5.70. The number of hydrogen-bond acceptors (Lipinski definition) is 8. The Balaban J connectivity index is 1.56. The molecule has 3 amide bonds. The Morgan fingerprint density at radius 3 is 2.44 bits per heavy atom. The number of ether oxygens (including phenoxy) is 2. The van der Waals surface area contributed by atoms with Gasteiger partial charge in [-0.15, -0.1) is 23.1 Å². The number of para-hydroxylation sites is 1. The van der Waals surface area contributed by atoms with Crippen molar-refractivity contribution in [3.05, 3.63) is 101 Å². The van der Waals surface area contributed by atoms with Gasteiger partial charge < -0.3 is 25.4 Å². The molecule has 210 valence electrons. The summed E-state index contributed by atoms with van der Waals surface area (Å²) < 4.78 is 10.9. The zero-order valence-electron chi connectivity index (χ0n) is 22.5. The van der Waals surface area contributed by atoms with Crippen LogP contribution in [0.4, 0.5) is 10.8 Å². The first-order chi connectivity index (χ1) is 19.9. The smallest absolute Gasteiger partial charge is 0.272 e. The summed E-state index contributed by atoms with van der Waals surface area (Å²) in [6.07, 6.45) is 3.15. The summed E-state index contributed by atoms with van der Waals surface area (Å²) in [5, 5.41) is 10.3. The van der Waals surface area contributed by atoms with Gasteiger partial charge in [-0.05, 0) is 49.4 Å². The van der Waals surface area contributed by atoms with Crippen molar-refractivity contribution in [1.82, 2.24) is 10.3 Å². The van der Waals surface area contributed by atoms with E-state index in [4.69, 9.17) is 9.47 Å². The number of amides is 3. The van der Waals surface area contributed by atoms with Crippen LogP contribution in [0.25, 0.3) is 6.08 Å². The summed E-state index contributed by atoms with van der Waals surface area (Å²) >= 11 is 2.69. The maximum absolute atomic E-state index is 13.5. The molecule has 0 aliphatic carbocycles. The van der Waals surface area contributed by atoms with Gasteiger partial charge in [-0.1, -0.05) is 36.4 Å². The molecule has 0 saturated carbocycles. The predicted octanol–water partition coefficient (Wildman–Crippen LogP) is 5.69. The summed E-state index contributed by atoms with van der Waals surface area (Å²) in [6.45, 7) is 1.79. The Morgan fingerprint density at radius 2 is 1.73 bits per heavy atom. The average molecular weight is 589 g/mol. The van der Waals surface area contributed by atoms with Crippen molar-refractivity contribution in [2.45, 2.75) is 17.1 Å². The van der Waals surface area contributed by atoms with Gasteiger partial charge in [-0.25, -0.2) is 4.98 Å². The molecular formula is C30H28N4O5S2. The fourth-order valence-corrected chi connectivity index (χ4v) is 5.18. The minimum atomic E-state index is -0.545. The molecule has 1 atom stereocenters. The Morgan fingerprint density at radius 1 is 0.951 bits per heavy atom. The third kappa shape index (κ3) is 7.96. The van der Waals surface area contributed by atoms with Gasteiger partial charge in [0.25, 0.3) is 11.8 Å². The number of carbonyl (C=O) groups is 3. The molecule has 0 aliphatic heterocycles. The number of thioether (sulfide) groups is 1. The van der Waals surface area contributed by atoms with Gasteiger partial charge in [0.2, 0.25) is 5.91 Å². The maximum atomic E-state index is 13.5. The monoisotopic (exact) mass is 588 g/mol. The lowest BCUT2D eigenvalue weighted by molar-refractivity contribution is -0.115. The Labute approximate surface area is 246 Å². The number of benzene rings is 3. The summed E-state index contributed by atoms with van der Waals surface area (Å²) in [5.41, 5.74) is 1.42. The highest BCUT2D eigenvalue weighted by molar-refractivity contribution is 8.00. The second kappa shape index (κ2) is 14.1. The Bertz CT molecular complexity index is 1540. The molecule has 11 heteroatoms. The molecule has 0 spiro atoms. The van der Waals surface area contributed by atoms with E-state index in [0.29, 0.717) is 33.4 Å². The van der Waals surface area contributed by atoms with E-state index in [9.17, 15) is 14.4 Å². The van der Waals surface area contributed by atoms with Crippen LogP contribution in [0, 0.1) is 0 Å².